The van der Waals surface area contributed by atoms with Gasteiger partial charge in [0.1, 0.15) is 0 Å². The lowest BCUT2D eigenvalue weighted by molar-refractivity contribution is -0.568. The second kappa shape index (κ2) is 11.2. The average Bonchev–Trinajstić information content (AvgIpc) is 2.79. The van der Waals surface area contributed by atoms with Gasteiger partial charge in [-0.25, -0.2) is 0 Å². The van der Waals surface area contributed by atoms with E-state index in [0.29, 0.717) is 24.0 Å². The first-order valence-electron chi connectivity index (χ1n) is 11.1. The summed E-state index contributed by atoms with van der Waals surface area (Å²) in [5.74, 6) is -1.17. The van der Waals surface area contributed by atoms with Crippen LogP contribution >= 0.6 is 8.25 Å². The molecule has 0 radical (unpaired) electrons. The number of nitrogens with zero attached hydrogens (tertiary/aromatic N) is 2. The van der Waals surface area contributed by atoms with Gasteiger partial charge in [0.15, 0.2) is 0 Å². The van der Waals surface area contributed by atoms with Crippen LogP contribution in [-0.4, -0.2) is 34.1 Å². The molecule has 0 saturated heterocycles. The van der Waals surface area contributed by atoms with Crippen molar-refractivity contribution in [2.24, 2.45) is 11.8 Å². The van der Waals surface area contributed by atoms with E-state index in [2.05, 4.69) is 0 Å². The van der Waals surface area contributed by atoms with Gasteiger partial charge in [0, 0.05) is 33.8 Å². The molecule has 2 aliphatic rings. The fraction of sp³-hybridized carbons (Fsp3) is 0.636. The Bertz CT molecular complexity index is 798. The maximum atomic E-state index is 12.5. The fourth-order valence-corrected chi connectivity index (χ4v) is 5.74. The summed E-state index contributed by atoms with van der Waals surface area (Å²) >= 11 is 0. The quantitative estimate of drug-likeness (QED) is 0.216. The first-order chi connectivity index (χ1) is 15.2. The first-order valence-corrected chi connectivity index (χ1v) is 12.3. The van der Waals surface area contributed by atoms with Crippen LogP contribution in [0.25, 0.3) is 0 Å². The van der Waals surface area contributed by atoms with E-state index in [-0.39, 0.29) is 35.9 Å². The van der Waals surface area contributed by atoms with Crippen LogP contribution in [0.3, 0.4) is 0 Å². The van der Waals surface area contributed by atoms with Crippen molar-refractivity contribution in [3.05, 3.63) is 67.8 Å². The third-order valence-corrected chi connectivity index (χ3v) is 7.68. The van der Waals surface area contributed by atoms with Crippen molar-refractivity contribution in [3.63, 3.8) is 0 Å². The van der Waals surface area contributed by atoms with Crippen LogP contribution in [0.1, 0.15) is 53.4 Å². The van der Waals surface area contributed by atoms with Crippen molar-refractivity contribution in [2.45, 2.75) is 64.5 Å². The predicted molar refractivity (Wildman–Crippen MR) is 123 cm³/mol. The molecule has 4 atom stereocenters. The van der Waals surface area contributed by atoms with Gasteiger partial charge in [-0.05, 0) is 12.8 Å². The van der Waals surface area contributed by atoms with E-state index in [4.69, 9.17) is 9.05 Å². The average molecular weight is 468 g/mol. The van der Waals surface area contributed by atoms with E-state index in [1.165, 1.54) is 0 Å². The normalized spacial score (nSPS) is 30.5. The van der Waals surface area contributed by atoms with Crippen molar-refractivity contribution in [3.8, 4) is 0 Å². The fourth-order valence-electron chi connectivity index (χ4n) is 5.03. The molecule has 0 N–H and O–H groups in total. The molecule has 9 nitrogen and oxygen atoms in total. The Morgan fingerprint density at radius 1 is 0.844 bits per heavy atom. The van der Waals surface area contributed by atoms with Crippen LogP contribution in [0.4, 0.5) is 0 Å². The monoisotopic (exact) mass is 468 g/mol. The molecule has 32 heavy (non-hydrogen) atoms. The van der Waals surface area contributed by atoms with E-state index >= 15 is 0 Å². The van der Waals surface area contributed by atoms with Crippen LogP contribution in [-0.2, 0) is 13.6 Å². The molecule has 0 amide bonds. The van der Waals surface area contributed by atoms with Crippen molar-refractivity contribution >= 4 is 8.25 Å². The van der Waals surface area contributed by atoms with Crippen molar-refractivity contribution < 1.29 is 23.5 Å². The summed E-state index contributed by atoms with van der Waals surface area (Å²) in [6.07, 6.45) is 12.1. The topological polar surface area (TPSA) is 122 Å². The zero-order valence-corrected chi connectivity index (χ0v) is 20.1. The largest absolute Gasteiger partial charge is 0.319 e. The Balaban J connectivity index is 2.07. The highest BCUT2D eigenvalue weighted by Crippen LogP contribution is 2.42. The summed E-state index contributed by atoms with van der Waals surface area (Å²) < 4.78 is 23.3. The Hall–Kier alpha value is -2.09. The van der Waals surface area contributed by atoms with Crippen molar-refractivity contribution in [1.82, 2.24) is 0 Å². The van der Waals surface area contributed by atoms with Gasteiger partial charge in [-0.2, -0.15) is 0 Å². The number of allylic oxidation sites excluding steroid dienone is 4. The highest BCUT2D eigenvalue weighted by atomic mass is 31.1. The van der Waals surface area contributed by atoms with Crippen molar-refractivity contribution in [2.75, 3.05) is 13.2 Å². The predicted octanol–water partition coefficient (Wildman–Crippen LogP) is 5.31. The van der Waals surface area contributed by atoms with Gasteiger partial charge in [-0.1, -0.05) is 64.2 Å². The Morgan fingerprint density at radius 2 is 1.22 bits per heavy atom. The minimum absolute atomic E-state index is 0.130. The third kappa shape index (κ3) is 4.65. The first kappa shape index (κ1) is 26.2. The molecule has 0 aromatic heterocycles. The van der Waals surface area contributed by atoms with Crippen LogP contribution in [0.5, 0.6) is 0 Å². The molecule has 0 aromatic carbocycles. The van der Waals surface area contributed by atoms with Gasteiger partial charge in [0.25, 0.3) is 11.1 Å². The van der Waals surface area contributed by atoms with Crippen LogP contribution in [0.15, 0.2) is 47.6 Å². The van der Waals surface area contributed by atoms with Gasteiger partial charge in [0.2, 0.25) is 0 Å². The van der Waals surface area contributed by atoms with E-state index in [0.717, 1.165) is 0 Å². The summed E-state index contributed by atoms with van der Waals surface area (Å²) in [7, 11) is -3.00. The van der Waals surface area contributed by atoms with E-state index < -0.39 is 31.2 Å². The second-order valence-electron chi connectivity index (χ2n) is 8.02. The van der Waals surface area contributed by atoms with Crippen molar-refractivity contribution in [1.29, 1.82) is 0 Å². The standard InChI is InChI=1S/C22H33N2O7P/c1-5-17-11-9-13-19(21(17,7-3)23(25)26)15-30-32(29)31-16-20-14-10-12-18(6-2)22(20,8-4)24(27)28/h9-14,19-20,32H,5-8,15-16H2,1-4H3. The molecular weight excluding hydrogens is 435 g/mol. The van der Waals surface area contributed by atoms with Gasteiger partial charge < -0.3 is 9.05 Å². The Kier molecular flexibility index (Phi) is 9.13. The maximum Gasteiger partial charge on any atom is 0.319 e. The summed E-state index contributed by atoms with van der Waals surface area (Å²) in [5.41, 5.74) is -1.21. The SMILES string of the molecule is CCC1=CC=CC(CO[PH](=O)OCC2C=CC=C(CC)C2(CC)[N+](=O)[O-])C1(CC)[N+](=O)[O-]. The number of rotatable bonds is 12. The molecule has 0 fully saturated rings. The third-order valence-electron chi connectivity index (χ3n) is 6.87. The van der Waals surface area contributed by atoms with Gasteiger partial charge in [-0.15, -0.1) is 0 Å². The minimum Gasteiger partial charge on any atom is -0.310 e. The zero-order chi connectivity index (χ0) is 23.9. The zero-order valence-electron chi connectivity index (χ0n) is 19.1. The molecular formula is C22H33N2O7P. The van der Waals surface area contributed by atoms with Gasteiger partial charge in [0.05, 0.1) is 25.0 Å². The smallest absolute Gasteiger partial charge is 0.310 e. The summed E-state index contributed by atoms with van der Waals surface area (Å²) in [6, 6.07) is 0. The molecule has 0 saturated carbocycles. The van der Waals surface area contributed by atoms with Crippen LogP contribution in [0.2, 0.25) is 0 Å². The van der Waals surface area contributed by atoms with E-state index in [1.54, 1.807) is 50.3 Å². The summed E-state index contributed by atoms with van der Waals surface area (Å²) in [6.45, 7) is 7.00. The Labute approximate surface area is 189 Å². The number of nitro groups is 2. The molecule has 10 heteroatoms. The molecule has 2 rings (SSSR count). The lowest BCUT2D eigenvalue weighted by Gasteiger charge is -2.35. The molecule has 2 aliphatic carbocycles. The molecule has 0 aromatic rings. The maximum absolute atomic E-state index is 12.5. The lowest BCUT2D eigenvalue weighted by Crippen LogP contribution is -2.49. The molecule has 0 heterocycles. The van der Waals surface area contributed by atoms with E-state index in [1.807, 2.05) is 13.8 Å². The summed E-state index contributed by atoms with van der Waals surface area (Å²) in [5, 5.41) is 24.0. The highest BCUT2D eigenvalue weighted by Gasteiger charge is 2.53. The minimum atomic E-state index is -3.00. The number of hydrogen-bond donors (Lipinski definition) is 0. The van der Waals surface area contributed by atoms with Crippen LogP contribution in [0, 0.1) is 32.1 Å². The Morgan fingerprint density at radius 3 is 1.50 bits per heavy atom. The summed E-state index contributed by atoms with van der Waals surface area (Å²) in [4.78, 5) is 23.4. The van der Waals surface area contributed by atoms with Gasteiger partial charge >= 0.3 is 8.25 Å². The second-order valence-corrected chi connectivity index (χ2v) is 9.09. The molecule has 0 spiro atoms. The molecule has 0 bridgehead atoms. The number of hydrogen-bond acceptors (Lipinski definition) is 7. The molecule has 4 unspecified atom stereocenters. The van der Waals surface area contributed by atoms with E-state index in [9.17, 15) is 24.8 Å². The lowest BCUT2D eigenvalue weighted by atomic mass is 9.72. The molecule has 178 valence electrons. The van der Waals surface area contributed by atoms with Crippen LogP contribution < -0.4 is 0 Å². The molecule has 0 aliphatic heterocycles. The highest BCUT2D eigenvalue weighted by molar-refractivity contribution is 7.33. The van der Waals surface area contributed by atoms with Gasteiger partial charge in [-0.3, -0.25) is 24.8 Å².